The van der Waals surface area contributed by atoms with Crippen molar-refractivity contribution in [2.45, 2.75) is 18.0 Å². The van der Waals surface area contributed by atoms with Crippen LogP contribution in [-0.2, 0) is 16.2 Å². The van der Waals surface area contributed by atoms with E-state index in [1.165, 1.54) is 36.4 Å². The number of hydrogen-bond donors (Lipinski definition) is 2. The Morgan fingerprint density at radius 2 is 1.65 bits per heavy atom. The number of hydrogen-bond acceptors (Lipinski definition) is 3. The zero-order chi connectivity index (χ0) is 22.8. The number of carbonyl (C=O) groups excluding carboxylic acids is 1. The highest BCUT2D eigenvalue weighted by Gasteiger charge is 2.31. The van der Waals surface area contributed by atoms with Crippen LogP contribution < -0.4 is 10.0 Å². The van der Waals surface area contributed by atoms with Crippen molar-refractivity contribution in [3.63, 3.8) is 0 Å². The van der Waals surface area contributed by atoms with Gasteiger partial charge >= 0.3 is 6.18 Å². The highest BCUT2D eigenvalue weighted by molar-refractivity contribution is 7.92. The van der Waals surface area contributed by atoms with Gasteiger partial charge in [0.25, 0.3) is 15.9 Å². The molecule has 0 fully saturated rings. The van der Waals surface area contributed by atoms with E-state index in [1.54, 1.807) is 12.1 Å². The van der Waals surface area contributed by atoms with Gasteiger partial charge in [-0.25, -0.2) is 8.42 Å². The minimum atomic E-state index is -4.60. The molecule has 0 atom stereocenters. The number of carbonyl (C=O) groups is 1. The molecule has 0 bridgehead atoms. The van der Waals surface area contributed by atoms with Crippen LogP contribution in [0.5, 0.6) is 0 Å². The molecule has 0 aliphatic carbocycles. The molecule has 2 N–H and O–H groups in total. The van der Waals surface area contributed by atoms with Crippen LogP contribution in [-0.4, -0.2) is 14.3 Å². The van der Waals surface area contributed by atoms with Crippen LogP contribution in [0, 0.1) is 6.92 Å². The molecule has 0 heterocycles. The van der Waals surface area contributed by atoms with Gasteiger partial charge in [0.05, 0.1) is 21.2 Å². The predicted octanol–water partition coefficient (Wildman–Crippen LogP) is 5.72. The summed E-state index contributed by atoms with van der Waals surface area (Å²) in [5.74, 6) is -0.752. The monoisotopic (exact) mass is 468 g/mol. The Labute approximate surface area is 181 Å². The number of amides is 1. The molecule has 3 rings (SSSR count). The molecule has 3 aromatic carbocycles. The van der Waals surface area contributed by atoms with Crippen LogP contribution in [0.4, 0.5) is 24.5 Å². The summed E-state index contributed by atoms with van der Waals surface area (Å²) in [5, 5.41) is 2.25. The van der Waals surface area contributed by atoms with Crippen LogP contribution in [0.25, 0.3) is 0 Å². The van der Waals surface area contributed by atoms with E-state index in [2.05, 4.69) is 10.0 Å². The Hall–Kier alpha value is -3.04. The maximum absolute atomic E-state index is 12.9. The molecule has 3 aromatic rings. The normalized spacial score (nSPS) is 11.8. The van der Waals surface area contributed by atoms with Crippen molar-refractivity contribution in [1.29, 1.82) is 0 Å². The third-order valence-electron chi connectivity index (χ3n) is 4.25. The summed E-state index contributed by atoms with van der Waals surface area (Å²) in [5.41, 5.74) is -0.147. The average molecular weight is 469 g/mol. The molecule has 0 spiro atoms. The van der Waals surface area contributed by atoms with Gasteiger partial charge in [-0.1, -0.05) is 35.4 Å². The summed E-state index contributed by atoms with van der Waals surface area (Å²) in [6.07, 6.45) is -4.60. The molecule has 1 amide bonds. The van der Waals surface area contributed by atoms with Gasteiger partial charge in [-0.15, -0.1) is 0 Å². The summed E-state index contributed by atoms with van der Waals surface area (Å²) < 4.78 is 66.2. The highest BCUT2D eigenvalue weighted by atomic mass is 35.5. The fourth-order valence-electron chi connectivity index (χ4n) is 2.65. The van der Waals surface area contributed by atoms with Crippen molar-refractivity contribution in [2.75, 3.05) is 10.0 Å². The number of rotatable bonds is 5. The van der Waals surface area contributed by atoms with Crippen LogP contribution in [0.1, 0.15) is 21.5 Å². The van der Waals surface area contributed by atoms with E-state index in [-0.39, 0.29) is 26.9 Å². The maximum Gasteiger partial charge on any atom is 0.416 e. The molecular weight excluding hydrogens is 453 g/mol. The number of anilines is 2. The third-order valence-corrected chi connectivity index (χ3v) is 5.98. The van der Waals surface area contributed by atoms with Gasteiger partial charge in [0.2, 0.25) is 0 Å². The fraction of sp³-hybridized carbons (Fsp3) is 0.0952. The van der Waals surface area contributed by atoms with E-state index in [0.717, 1.165) is 23.8 Å². The topological polar surface area (TPSA) is 75.3 Å². The summed E-state index contributed by atoms with van der Waals surface area (Å²) in [7, 11) is -3.89. The summed E-state index contributed by atoms with van der Waals surface area (Å²) in [4.78, 5) is 12.6. The van der Waals surface area contributed by atoms with Crippen molar-refractivity contribution in [1.82, 2.24) is 0 Å². The van der Waals surface area contributed by atoms with Crippen molar-refractivity contribution in [3.8, 4) is 0 Å². The first-order chi connectivity index (χ1) is 14.5. The smallest absolute Gasteiger partial charge is 0.321 e. The first kappa shape index (κ1) is 22.6. The van der Waals surface area contributed by atoms with Crippen molar-refractivity contribution >= 4 is 38.9 Å². The Morgan fingerprint density at radius 3 is 2.29 bits per heavy atom. The van der Waals surface area contributed by atoms with Gasteiger partial charge < -0.3 is 5.32 Å². The molecule has 0 radical (unpaired) electrons. The van der Waals surface area contributed by atoms with E-state index in [1.807, 2.05) is 6.92 Å². The van der Waals surface area contributed by atoms with E-state index in [9.17, 15) is 26.4 Å². The van der Waals surface area contributed by atoms with Crippen molar-refractivity contribution < 1.29 is 26.4 Å². The van der Waals surface area contributed by atoms with Gasteiger partial charge in [0.15, 0.2) is 0 Å². The first-order valence-electron chi connectivity index (χ1n) is 8.83. The molecule has 0 aliphatic rings. The first-order valence-corrected chi connectivity index (χ1v) is 10.7. The molecule has 0 unspecified atom stereocenters. The third kappa shape index (κ3) is 5.56. The molecule has 0 saturated heterocycles. The van der Waals surface area contributed by atoms with Crippen LogP contribution in [0.3, 0.4) is 0 Å². The molecule has 5 nitrogen and oxygen atoms in total. The Bertz CT molecular complexity index is 1230. The van der Waals surface area contributed by atoms with Gasteiger partial charge in [-0.05, 0) is 55.5 Å². The summed E-state index contributed by atoms with van der Waals surface area (Å²) in [6, 6.07) is 14.3. The minimum absolute atomic E-state index is 0.0255. The van der Waals surface area contributed by atoms with Gasteiger partial charge in [-0.3, -0.25) is 9.52 Å². The molecule has 0 aliphatic heterocycles. The zero-order valence-corrected chi connectivity index (χ0v) is 17.6. The standard InChI is InChI=1S/C21H16ClF3N2O3S/c1-13-5-8-17(9-6-13)31(29,30)27-16-4-2-3-14(11-16)20(28)26-19-12-15(21(23,24)25)7-10-18(19)22/h2-12,27H,1H3,(H,26,28). The lowest BCUT2D eigenvalue weighted by molar-refractivity contribution is -0.137. The fourth-order valence-corrected chi connectivity index (χ4v) is 3.86. The Kier molecular flexibility index (Phi) is 6.28. The highest BCUT2D eigenvalue weighted by Crippen LogP contribution is 2.34. The molecule has 0 saturated carbocycles. The molecule has 10 heteroatoms. The number of sulfonamides is 1. The van der Waals surface area contributed by atoms with E-state index >= 15 is 0 Å². The number of halogens is 4. The number of benzene rings is 3. The zero-order valence-electron chi connectivity index (χ0n) is 16.0. The van der Waals surface area contributed by atoms with Gasteiger partial charge in [-0.2, -0.15) is 13.2 Å². The molecule has 0 aromatic heterocycles. The van der Waals surface area contributed by atoms with Crippen molar-refractivity contribution in [2.24, 2.45) is 0 Å². The SMILES string of the molecule is Cc1ccc(S(=O)(=O)Nc2cccc(C(=O)Nc3cc(C(F)(F)F)ccc3Cl)c2)cc1. The average Bonchev–Trinajstić information content (AvgIpc) is 2.69. The Balaban J connectivity index is 1.82. The largest absolute Gasteiger partial charge is 0.416 e. The van der Waals surface area contributed by atoms with E-state index < -0.39 is 27.7 Å². The van der Waals surface area contributed by atoms with E-state index in [4.69, 9.17) is 11.6 Å². The van der Waals surface area contributed by atoms with Crippen LogP contribution in [0.2, 0.25) is 5.02 Å². The maximum atomic E-state index is 12.9. The molecular formula is C21H16ClF3N2O3S. The minimum Gasteiger partial charge on any atom is -0.321 e. The lowest BCUT2D eigenvalue weighted by atomic mass is 10.1. The predicted molar refractivity (Wildman–Crippen MR) is 113 cm³/mol. The lowest BCUT2D eigenvalue weighted by Crippen LogP contribution is -2.16. The Morgan fingerprint density at radius 1 is 0.968 bits per heavy atom. The van der Waals surface area contributed by atoms with Crippen LogP contribution in [0.15, 0.2) is 71.6 Å². The summed E-state index contributed by atoms with van der Waals surface area (Å²) >= 11 is 5.90. The number of alkyl halides is 3. The number of aryl methyl sites for hydroxylation is 1. The van der Waals surface area contributed by atoms with Crippen molar-refractivity contribution in [3.05, 3.63) is 88.4 Å². The molecule has 31 heavy (non-hydrogen) atoms. The second-order valence-corrected chi connectivity index (χ2v) is 8.74. The second-order valence-electron chi connectivity index (χ2n) is 6.65. The van der Waals surface area contributed by atoms with E-state index in [0.29, 0.717) is 0 Å². The van der Waals surface area contributed by atoms with Gasteiger partial charge in [0, 0.05) is 11.3 Å². The van der Waals surface area contributed by atoms with Gasteiger partial charge in [0.1, 0.15) is 0 Å². The lowest BCUT2D eigenvalue weighted by Gasteiger charge is -2.13. The number of nitrogens with one attached hydrogen (secondary N) is 2. The quantitative estimate of drug-likeness (QED) is 0.503. The molecule has 162 valence electrons. The van der Waals surface area contributed by atoms with Crippen LogP contribution >= 0.6 is 11.6 Å². The second kappa shape index (κ2) is 8.60. The summed E-state index contributed by atoms with van der Waals surface area (Å²) in [6.45, 7) is 1.82.